The van der Waals surface area contributed by atoms with Crippen LogP contribution in [-0.4, -0.2) is 52.4 Å². The fraction of sp³-hybridized carbons (Fsp3) is 0.368. The molecule has 0 saturated heterocycles. The molecule has 0 spiro atoms. The molecule has 0 aliphatic heterocycles. The predicted molar refractivity (Wildman–Crippen MR) is 104 cm³/mol. The van der Waals surface area contributed by atoms with Crippen molar-refractivity contribution in [2.24, 2.45) is 4.99 Å². The topological polar surface area (TPSA) is 143 Å². The fourth-order valence-corrected chi connectivity index (χ4v) is 2.78. The zero-order chi connectivity index (χ0) is 21.6. The second kappa shape index (κ2) is 9.58. The van der Waals surface area contributed by atoms with Crippen LogP contribution in [0.2, 0.25) is 0 Å². The predicted octanol–water partition coefficient (Wildman–Crippen LogP) is 0.0508. The molecule has 29 heavy (non-hydrogen) atoms. The molecule has 3 N–H and O–H groups in total. The minimum absolute atomic E-state index is 0.0317. The molecular formula is C19H23N5O5. The molecule has 10 nitrogen and oxygen atoms in total. The van der Waals surface area contributed by atoms with E-state index >= 15 is 0 Å². The van der Waals surface area contributed by atoms with Gasteiger partial charge in [-0.25, -0.2) is 4.98 Å². The van der Waals surface area contributed by atoms with Crippen molar-refractivity contribution in [3.8, 4) is 0 Å². The van der Waals surface area contributed by atoms with Gasteiger partial charge in [0.2, 0.25) is 12.3 Å². The number of carbonyl (C=O) groups is 4. The number of hydrogen-bond donors (Lipinski definition) is 3. The molecule has 2 aromatic rings. The van der Waals surface area contributed by atoms with Crippen LogP contribution in [0.25, 0.3) is 11.0 Å². The van der Waals surface area contributed by atoms with E-state index in [1.807, 2.05) is 19.9 Å². The zero-order valence-electron chi connectivity index (χ0n) is 16.5. The molecule has 1 aromatic heterocycles. The van der Waals surface area contributed by atoms with Crippen LogP contribution in [0.1, 0.15) is 34.5 Å². The van der Waals surface area contributed by atoms with Gasteiger partial charge in [-0.1, -0.05) is 0 Å². The summed E-state index contributed by atoms with van der Waals surface area (Å²) in [7, 11) is 1.43. The van der Waals surface area contributed by atoms with Crippen LogP contribution in [0, 0.1) is 13.8 Å². The van der Waals surface area contributed by atoms with Crippen LogP contribution >= 0.6 is 0 Å². The van der Waals surface area contributed by atoms with Gasteiger partial charge in [-0.2, -0.15) is 4.99 Å². The Kier molecular flexibility index (Phi) is 7.18. The van der Waals surface area contributed by atoms with Crippen molar-refractivity contribution in [2.45, 2.75) is 33.2 Å². The highest BCUT2D eigenvalue weighted by molar-refractivity contribution is 5.94. The summed E-state index contributed by atoms with van der Waals surface area (Å²) in [6.45, 7) is 3.77. The number of aromatic nitrogens is 2. The van der Waals surface area contributed by atoms with Crippen molar-refractivity contribution in [2.75, 3.05) is 13.6 Å². The van der Waals surface area contributed by atoms with Gasteiger partial charge in [0.1, 0.15) is 6.54 Å². The minimum atomic E-state index is -0.943. The van der Waals surface area contributed by atoms with E-state index in [1.165, 1.54) is 11.6 Å². The SMILES string of the molecule is CNC(=O)c1nc2cc(C)c(C)cc2n(CC(=O)NCCCC(=O)O)c1=NC=O. The maximum absolute atomic E-state index is 12.4. The first kappa shape index (κ1) is 21.7. The van der Waals surface area contributed by atoms with Gasteiger partial charge in [0.05, 0.1) is 11.0 Å². The molecule has 0 radical (unpaired) electrons. The Morgan fingerprint density at radius 1 is 1.24 bits per heavy atom. The lowest BCUT2D eigenvalue weighted by molar-refractivity contribution is -0.137. The molecule has 0 saturated carbocycles. The Morgan fingerprint density at radius 3 is 2.55 bits per heavy atom. The Balaban J connectivity index is 2.56. The van der Waals surface area contributed by atoms with Gasteiger partial charge in [-0.05, 0) is 43.5 Å². The van der Waals surface area contributed by atoms with Crippen molar-refractivity contribution in [1.29, 1.82) is 0 Å². The van der Waals surface area contributed by atoms with Gasteiger partial charge < -0.3 is 20.3 Å². The highest BCUT2D eigenvalue weighted by Gasteiger charge is 2.17. The molecule has 1 aromatic carbocycles. The number of fused-ring (bicyclic) bond motifs is 1. The lowest BCUT2D eigenvalue weighted by Crippen LogP contribution is -2.38. The smallest absolute Gasteiger partial charge is 0.303 e. The van der Waals surface area contributed by atoms with Crippen molar-refractivity contribution < 1.29 is 24.3 Å². The number of aliphatic carboxylic acids is 1. The first-order valence-corrected chi connectivity index (χ1v) is 8.98. The Hall–Kier alpha value is -3.56. The van der Waals surface area contributed by atoms with Crippen molar-refractivity contribution >= 4 is 35.2 Å². The normalized spacial score (nSPS) is 11.3. The van der Waals surface area contributed by atoms with E-state index in [2.05, 4.69) is 20.6 Å². The summed E-state index contributed by atoms with van der Waals surface area (Å²) in [5.74, 6) is -1.89. The molecule has 0 atom stereocenters. The number of carbonyl (C=O) groups excluding carboxylic acids is 3. The van der Waals surface area contributed by atoms with Crippen molar-refractivity contribution in [1.82, 2.24) is 20.2 Å². The van der Waals surface area contributed by atoms with E-state index in [1.54, 1.807) is 6.07 Å². The lowest BCUT2D eigenvalue weighted by Gasteiger charge is -2.15. The Morgan fingerprint density at radius 2 is 1.93 bits per heavy atom. The van der Waals surface area contributed by atoms with Gasteiger partial charge in [0, 0.05) is 20.0 Å². The summed E-state index contributed by atoms with van der Waals surface area (Å²) in [5, 5.41) is 13.8. The quantitative estimate of drug-likeness (QED) is 0.421. The summed E-state index contributed by atoms with van der Waals surface area (Å²) in [5.41, 5.74) is 2.82. The molecule has 1 heterocycles. The standard InChI is InChI=1S/C19H23N5O5/c1-11-7-13-14(8-12(11)2)24(9-15(26)21-6-4-5-16(27)28)18(22-10-25)17(23-13)19(29)20-3/h7-8,10H,4-6,9H2,1-3H3,(H,20,29)(H,21,26)(H,27,28). The van der Waals surface area contributed by atoms with Crippen LogP contribution in [0.15, 0.2) is 17.1 Å². The summed E-state index contributed by atoms with van der Waals surface area (Å²) < 4.78 is 1.46. The van der Waals surface area contributed by atoms with E-state index in [9.17, 15) is 19.2 Å². The van der Waals surface area contributed by atoms with Crippen LogP contribution in [0.5, 0.6) is 0 Å². The van der Waals surface area contributed by atoms with Crippen LogP contribution < -0.4 is 16.1 Å². The molecule has 2 rings (SSSR count). The highest BCUT2D eigenvalue weighted by Crippen LogP contribution is 2.17. The number of amides is 3. The Bertz CT molecular complexity index is 1040. The summed E-state index contributed by atoms with van der Waals surface area (Å²) in [6, 6.07) is 3.61. The van der Waals surface area contributed by atoms with E-state index in [0.717, 1.165) is 11.1 Å². The molecule has 154 valence electrons. The number of nitrogens with zero attached hydrogens (tertiary/aromatic N) is 3. The third-order valence-electron chi connectivity index (χ3n) is 4.39. The molecule has 0 bridgehead atoms. The molecule has 3 amide bonds. The Labute approximate surface area is 166 Å². The van der Waals surface area contributed by atoms with E-state index in [0.29, 0.717) is 11.0 Å². The summed E-state index contributed by atoms with van der Waals surface area (Å²) in [4.78, 5) is 54.5. The summed E-state index contributed by atoms with van der Waals surface area (Å²) in [6.07, 6.45) is 0.518. The minimum Gasteiger partial charge on any atom is -0.481 e. The van der Waals surface area contributed by atoms with Crippen LogP contribution in [-0.2, 0) is 20.9 Å². The fourth-order valence-electron chi connectivity index (χ4n) is 2.78. The van der Waals surface area contributed by atoms with Crippen molar-refractivity contribution in [3.63, 3.8) is 0 Å². The monoisotopic (exact) mass is 401 g/mol. The number of rotatable bonds is 8. The van der Waals surface area contributed by atoms with Crippen LogP contribution in [0.3, 0.4) is 0 Å². The zero-order valence-corrected chi connectivity index (χ0v) is 16.5. The number of aryl methyl sites for hydroxylation is 2. The molecule has 10 heteroatoms. The van der Waals surface area contributed by atoms with Gasteiger partial charge >= 0.3 is 5.97 Å². The lowest BCUT2D eigenvalue weighted by atomic mass is 10.1. The van der Waals surface area contributed by atoms with Gasteiger partial charge in [0.15, 0.2) is 11.2 Å². The largest absolute Gasteiger partial charge is 0.481 e. The second-order valence-corrected chi connectivity index (χ2v) is 6.46. The van der Waals surface area contributed by atoms with Gasteiger partial charge in [0.25, 0.3) is 5.91 Å². The number of hydrogen-bond acceptors (Lipinski definition) is 5. The molecule has 0 aliphatic rings. The van der Waals surface area contributed by atoms with E-state index in [4.69, 9.17) is 5.11 Å². The average molecular weight is 401 g/mol. The number of benzene rings is 1. The second-order valence-electron chi connectivity index (χ2n) is 6.46. The highest BCUT2D eigenvalue weighted by atomic mass is 16.4. The molecule has 0 aliphatic carbocycles. The molecule has 0 fully saturated rings. The average Bonchev–Trinajstić information content (AvgIpc) is 2.67. The number of nitrogens with one attached hydrogen (secondary N) is 2. The third-order valence-corrected chi connectivity index (χ3v) is 4.39. The van der Waals surface area contributed by atoms with E-state index < -0.39 is 17.8 Å². The number of carboxylic acids is 1. The number of carboxylic acid groups (broad SMARTS) is 1. The first-order chi connectivity index (χ1) is 13.8. The summed E-state index contributed by atoms with van der Waals surface area (Å²) >= 11 is 0. The van der Waals surface area contributed by atoms with Crippen LogP contribution in [0.4, 0.5) is 0 Å². The molecular weight excluding hydrogens is 378 g/mol. The first-order valence-electron chi connectivity index (χ1n) is 8.98. The molecule has 0 unspecified atom stereocenters. The maximum Gasteiger partial charge on any atom is 0.303 e. The van der Waals surface area contributed by atoms with Gasteiger partial charge in [-0.15, -0.1) is 0 Å². The third kappa shape index (κ3) is 5.24. The van der Waals surface area contributed by atoms with Gasteiger partial charge in [-0.3, -0.25) is 19.2 Å². The maximum atomic E-state index is 12.4. The van der Waals surface area contributed by atoms with Crippen molar-refractivity contribution in [3.05, 3.63) is 34.4 Å². The van der Waals surface area contributed by atoms with E-state index in [-0.39, 0.29) is 43.5 Å².